The summed E-state index contributed by atoms with van der Waals surface area (Å²) in [6.07, 6.45) is -1.92. The molecule has 0 heterocycles. The molecule has 1 aliphatic rings. The highest BCUT2D eigenvalue weighted by molar-refractivity contribution is 5.29. The van der Waals surface area contributed by atoms with Gasteiger partial charge in [-0.25, -0.2) is 13.2 Å². The molecule has 1 aromatic rings. The van der Waals surface area contributed by atoms with E-state index in [1.165, 1.54) is 6.07 Å². The lowest BCUT2D eigenvalue weighted by molar-refractivity contribution is 0.0744. The van der Waals surface area contributed by atoms with Gasteiger partial charge < -0.3 is 5.11 Å². The van der Waals surface area contributed by atoms with Crippen molar-refractivity contribution in [3.05, 3.63) is 35.1 Å². The van der Waals surface area contributed by atoms with Gasteiger partial charge in [-0.2, -0.15) is 0 Å². The third kappa shape index (κ3) is 2.00. The molecular formula is C11H11F3O. The van der Waals surface area contributed by atoms with Crippen LogP contribution in [0, 0.1) is 5.82 Å². The highest BCUT2D eigenvalue weighted by atomic mass is 19.3. The average molecular weight is 216 g/mol. The summed E-state index contributed by atoms with van der Waals surface area (Å²) in [5.41, 5.74) is 0.140. The van der Waals surface area contributed by atoms with E-state index in [1.807, 2.05) is 0 Å². The Hall–Kier alpha value is -1.03. The van der Waals surface area contributed by atoms with Gasteiger partial charge in [0.2, 0.25) is 0 Å². The first-order valence-corrected chi connectivity index (χ1v) is 4.83. The van der Waals surface area contributed by atoms with Crippen LogP contribution >= 0.6 is 0 Å². The van der Waals surface area contributed by atoms with Crippen LogP contribution in [0.3, 0.4) is 0 Å². The van der Waals surface area contributed by atoms with Crippen LogP contribution in [-0.2, 0) is 0 Å². The van der Waals surface area contributed by atoms with Crippen LogP contribution in [0.4, 0.5) is 13.2 Å². The van der Waals surface area contributed by atoms with E-state index in [0.29, 0.717) is 18.4 Å². The summed E-state index contributed by atoms with van der Waals surface area (Å²) >= 11 is 0. The first-order valence-electron chi connectivity index (χ1n) is 4.83. The lowest BCUT2D eigenvalue weighted by Gasteiger charge is -2.31. The second-order valence-corrected chi connectivity index (χ2v) is 3.90. The van der Waals surface area contributed by atoms with Crippen LogP contribution in [0.2, 0.25) is 0 Å². The van der Waals surface area contributed by atoms with E-state index >= 15 is 0 Å². The molecule has 4 heteroatoms. The normalized spacial score (nSPS) is 25.4. The molecule has 82 valence electrons. The molecule has 2 rings (SSSR count). The summed E-state index contributed by atoms with van der Waals surface area (Å²) in [6.45, 7) is 0. The van der Waals surface area contributed by atoms with Crippen molar-refractivity contribution >= 4 is 0 Å². The zero-order chi connectivity index (χ0) is 11.0. The van der Waals surface area contributed by atoms with Crippen molar-refractivity contribution in [3.63, 3.8) is 0 Å². The molecule has 0 unspecified atom stereocenters. The standard InChI is InChI=1S/C11H11F3O/c12-10-5-6(7-3-8(15)4-7)1-2-9(10)11(13)14/h1-2,5,7-8,11,15H,3-4H2. The summed E-state index contributed by atoms with van der Waals surface area (Å²) in [5.74, 6) is -0.745. The number of alkyl halides is 2. The minimum Gasteiger partial charge on any atom is -0.393 e. The second kappa shape index (κ2) is 3.85. The van der Waals surface area contributed by atoms with Crippen LogP contribution in [0.25, 0.3) is 0 Å². The van der Waals surface area contributed by atoms with Crippen molar-refractivity contribution in [1.82, 2.24) is 0 Å². The molecule has 1 saturated carbocycles. The SMILES string of the molecule is OC1CC(c2ccc(C(F)F)c(F)c2)C1. The second-order valence-electron chi connectivity index (χ2n) is 3.90. The summed E-state index contributed by atoms with van der Waals surface area (Å²) in [4.78, 5) is 0. The van der Waals surface area contributed by atoms with Crippen LogP contribution < -0.4 is 0 Å². The monoisotopic (exact) mass is 216 g/mol. The molecule has 0 amide bonds. The molecular weight excluding hydrogens is 205 g/mol. The highest BCUT2D eigenvalue weighted by Crippen LogP contribution is 2.37. The zero-order valence-corrected chi connectivity index (χ0v) is 7.96. The number of aliphatic hydroxyl groups is 1. The first kappa shape index (κ1) is 10.5. The Morgan fingerprint density at radius 3 is 2.40 bits per heavy atom. The fourth-order valence-corrected chi connectivity index (χ4v) is 1.83. The fraction of sp³-hybridized carbons (Fsp3) is 0.455. The van der Waals surface area contributed by atoms with Gasteiger partial charge in [0.1, 0.15) is 5.82 Å². The molecule has 1 N–H and O–H groups in total. The van der Waals surface area contributed by atoms with Crippen LogP contribution in [0.5, 0.6) is 0 Å². The Labute approximate surface area is 85.5 Å². The van der Waals surface area contributed by atoms with Crippen molar-refractivity contribution in [2.24, 2.45) is 0 Å². The Bertz CT molecular complexity index is 359. The van der Waals surface area contributed by atoms with E-state index in [1.54, 1.807) is 0 Å². The Kier molecular flexibility index (Phi) is 2.69. The highest BCUT2D eigenvalue weighted by Gasteiger charge is 2.29. The molecule has 1 fully saturated rings. The van der Waals surface area contributed by atoms with Gasteiger partial charge in [-0.1, -0.05) is 12.1 Å². The average Bonchev–Trinajstić information content (AvgIpc) is 2.12. The molecule has 0 bridgehead atoms. The predicted molar refractivity (Wildman–Crippen MR) is 49.3 cm³/mol. The quantitative estimate of drug-likeness (QED) is 0.805. The van der Waals surface area contributed by atoms with E-state index in [2.05, 4.69) is 0 Å². The van der Waals surface area contributed by atoms with E-state index in [0.717, 1.165) is 12.1 Å². The van der Waals surface area contributed by atoms with Crippen molar-refractivity contribution in [3.8, 4) is 0 Å². The van der Waals surface area contributed by atoms with Gasteiger partial charge in [-0.05, 0) is 30.4 Å². The van der Waals surface area contributed by atoms with Gasteiger partial charge in [0.05, 0.1) is 11.7 Å². The molecule has 0 spiro atoms. The van der Waals surface area contributed by atoms with Gasteiger partial charge >= 0.3 is 0 Å². The van der Waals surface area contributed by atoms with Crippen molar-refractivity contribution in [1.29, 1.82) is 0 Å². The summed E-state index contributed by atoms with van der Waals surface area (Å²) in [7, 11) is 0. The molecule has 0 radical (unpaired) electrons. The van der Waals surface area contributed by atoms with Gasteiger partial charge in [0, 0.05) is 0 Å². The van der Waals surface area contributed by atoms with Crippen LogP contribution in [0.1, 0.15) is 36.3 Å². The van der Waals surface area contributed by atoms with Crippen molar-refractivity contribution in [2.75, 3.05) is 0 Å². The van der Waals surface area contributed by atoms with Gasteiger partial charge in [0.25, 0.3) is 6.43 Å². The Morgan fingerprint density at radius 2 is 1.93 bits per heavy atom. The number of aliphatic hydroxyl groups excluding tert-OH is 1. The minimum atomic E-state index is -2.77. The summed E-state index contributed by atoms with van der Waals surface area (Å²) in [6, 6.07) is 3.79. The van der Waals surface area contributed by atoms with E-state index < -0.39 is 17.8 Å². The Balaban J connectivity index is 2.18. The number of benzene rings is 1. The first-order chi connectivity index (χ1) is 7.08. The van der Waals surface area contributed by atoms with Gasteiger partial charge in [-0.15, -0.1) is 0 Å². The lowest BCUT2D eigenvalue weighted by Crippen LogP contribution is -2.26. The molecule has 1 aliphatic carbocycles. The molecule has 15 heavy (non-hydrogen) atoms. The molecule has 0 atom stereocenters. The number of halogens is 3. The zero-order valence-electron chi connectivity index (χ0n) is 7.96. The van der Waals surface area contributed by atoms with Gasteiger partial charge in [0.15, 0.2) is 0 Å². The fourth-order valence-electron chi connectivity index (χ4n) is 1.83. The lowest BCUT2D eigenvalue weighted by atomic mass is 9.77. The maximum absolute atomic E-state index is 13.2. The smallest absolute Gasteiger partial charge is 0.266 e. The van der Waals surface area contributed by atoms with Crippen molar-refractivity contribution < 1.29 is 18.3 Å². The minimum absolute atomic E-state index is 0.112. The largest absolute Gasteiger partial charge is 0.393 e. The third-order valence-electron chi connectivity index (χ3n) is 2.84. The maximum atomic E-state index is 13.2. The molecule has 1 aromatic carbocycles. The molecule has 1 nitrogen and oxygen atoms in total. The topological polar surface area (TPSA) is 20.2 Å². The van der Waals surface area contributed by atoms with Crippen molar-refractivity contribution in [2.45, 2.75) is 31.3 Å². The van der Waals surface area contributed by atoms with Crippen LogP contribution in [0.15, 0.2) is 18.2 Å². The predicted octanol–water partition coefficient (Wildman–Crippen LogP) is 3.00. The number of hydrogen-bond acceptors (Lipinski definition) is 1. The molecule has 0 aliphatic heterocycles. The Morgan fingerprint density at radius 1 is 1.27 bits per heavy atom. The van der Waals surface area contributed by atoms with E-state index in [9.17, 15) is 13.2 Å². The third-order valence-corrected chi connectivity index (χ3v) is 2.84. The molecule has 0 saturated heterocycles. The van der Waals surface area contributed by atoms with E-state index in [4.69, 9.17) is 5.11 Å². The maximum Gasteiger partial charge on any atom is 0.266 e. The molecule has 0 aromatic heterocycles. The van der Waals surface area contributed by atoms with Gasteiger partial charge in [-0.3, -0.25) is 0 Å². The summed E-state index contributed by atoms with van der Waals surface area (Å²) in [5, 5.41) is 9.08. The summed E-state index contributed by atoms with van der Waals surface area (Å²) < 4.78 is 37.7. The number of hydrogen-bond donors (Lipinski definition) is 1. The van der Waals surface area contributed by atoms with Crippen LogP contribution in [-0.4, -0.2) is 11.2 Å². The van der Waals surface area contributed by atoms with E-state index in [-0.39, 0.29) is 12.0 Å². The number of rotatable bonds is 2.